The van der Waals surface area contributed by atoms with Crippen molar-refractivity contribution in [2.75, 3.05) is 20.2 Å². The number of carbonyl (C=O) groups is 2. The van der Waals surface area contributed by atoms with Gasteiger partial charge in [-0.05, 0) is 18.2 Å². The van der Waals surface area contributed by atoms with Gasteiger partial charge >= 0.3 is 5.97 Å². The fourth-order valence-corrected chi connectivity index (χ4v) is 2.75. The van der Waals surface area contributed by atoms with E-state index in [0.29, 0.717) is 10.1 Å². The number of ether oxygens (including phenoxy) is 1. The molecule has 114 valence electrons. The first-order valence-electron chi connectivity index (χ1n) is 6.49. The van der Waals surface area contributed by atoms with E-state index < -0.39 is 24.3 Å². The molecule has 0 bridgehead atoms. The van der Waals surface area contributed by atoms with Crippen LogP contribution in [0.1, 0.15) is 16.1 Å². The Hall–Kier alpha value is -2.46. The second-order valence-electron chi connectivity index (χ2n) is 4.56. The van der Waals surface area contributed by atoms with Crippen molar-refractivity contribution in [3.63, 3.8) is 0 Å². The fraction of sp³-hybridized carbons (Fsp3) is 0.267. The summed E-state index contributed by atoms with van der Waals surface area (Å²) in [5.74, 6) is -1.46. The summed E-state index contributed by atoms with van der Waals surface area (Å²) >= 11 is 1.11. The van der Waals surface area contributed by atoms with E-state index in [2.05, 4.69) is 0 Å². The van der Waals surface area contributed by atoms with E-state index in [-0.39, 0.29) is 17.8 Å². The molecule has 0 N–H and O–H groups in total. The zero-order chi connectivity index (χ0) is 16.1. The number of fused-ring (bicyclic) bond motifs is 1. The highest BCUT2D eigenvalue weighted by Gasteiger charge is 2.16. The van der Waals surface area contributed by atoms with Crippen molar-refractivity contribution in [3.8, 4) is 6.07 Å². The summed E-state index contributed by atoms with van der Waals surface area (Å²) in [5, 5.41) is 8.81. The summed E-state index contributed by atoms with van der Waals surface area (Å²) in [6.07, 6.45) is 0.214. The monoisotopic (exact) mass is 320 g/mol. The van der Waals surface area contributed by atoms with Crippen LogP contribution in [0.5, 0.6) is 0 Å². The van der Waals surface area contributed by atoms with Crippen LogP contribution in [0.2, 0.25) is 0 Å². The Morgan fingerprint density at radius 1 is 1.45 bits per heavy atom. The van der Waals surface area contributed by atoms with Gasteiger partial charge < -0.3 is 9.64 Å². The van der Waals surface area contributed by atoms with Gasteiger partial charge in [-0.15, -0.1) is 11.3 Å². The Bertz CT molecular complexity index is 751. The first kappa shape index (κ1) is 15.9. The predicted molar refractivity (Wildman–Crippen MR) is 79.9 cm³/mol. The van der Waals surface area contributed by atoms with Crippen molar-refractivity contribution in [1.82, 2.24) is 4.90 Å². The summed E-state index contributed by atoms with van der Waals surface area (Å²) in [7, 11) is 1.53. The molecule has 1 heterocycles. The smallest absolute Gasteiger partial charge is 0.348 e. The minimum absolute atomic E-state index is 0.214. The summed E-state index contributed by atoms with van der Waals surface area (Å²) < 4.78 is 19.1. The van der Waals surface area contributed by atoms with E-state index in [4.69, 9.17) is 10.00 Å². The quantitative estimate of drug-likeness (QED) is 0.794. The maximum absolute atomic E-state index is 13.6. The number of hydrogen-bond acceptors (Lipinski definition) is 5. The molecule has 0 saturated carbocycles. The molecular weight excluding hydrogens is 307 g/mol. The molecule has 2 aromatic rings. The normalized spacial score (nSPS) is 10.2. The Balaban J connectivity index is 1.98. The molecule has 22 heavy (non-hydrogen) atoms. The number of nitriles is 1. The second kappa shape index (κ2) is 7.00. The average molecular weight is 320 g/mol. The molecule has 0 fully saturated rings. The molecule has 0 unspecified atom stereocenters. The summed E-state index contributed by atoms with van der Waals surface area (Å²) in [5.41, 5.74) is 0. The third kappa shape index (κ3) is 3.59. The molecule has 0 spiro atoms. The van der Waals surface area contributed by atoms with Crippen LogP contribution in [0, 0.1) is 17.1 Å². The van der Waals surface area contributed by atoms with E-state index in [1.807, 2.05) is 6.07 Å². The standard InChI is InChI=1S/C15H13FN2O3S/c1-18(7-3-6-17)14(19)9-21-15(20)13-8-10-11(16)4-2-5-12(10)22-13/h2,4-5,8H,3,7,9H2,1H3. The zero-order valence-corrected chi connectivity index (χ0v) is 12.7. The highest BCUT2D eigenvalue weighted by molar-refractivity contribution is 7.20. The number of thiophene rings is 1. The first-order valence-corrected chi connectivity index (χ1v) is 7.30. The van der Waals surface area contributed by atoms with E-state index in [9.17, 15) is 14.0 Å². The molecule has 0 aliphatic carbocycles. The molecular formula is C15H13FN2O3S. The topological polar surface area (TPSA) is 70.4 Å². The summed E-state index contributed by atoms with van der Waals surface area (Å²) in [6, 6.07) is 7.94. The Kier molecular flexibility index (Phi) is 5.07. The number of carbonyl (C=O) groups excluding carboxylic acids is 2. The molecule has 1 amide bonds. The van der Waals surface area contributed by atoms with Crippen LogP contribution in [-0.2, 0) is 9.53 Å². The van der Waals surface area contributed by atoms with Gasteiger partial charge in [-0.25, -0.2) is 9.18 Å². The van der Waals surface area contributed by atoms with Crippen LogP contribution in [0.15, 0.2) is 24.3 Å². The minimum Gasteiger partial charge on any atom is -0.451 e. The predicted octanol–water partition coefficient (Wildman–Crippen LogP) is 2.57. The number of rotatable bonds is 5. The molecule has 0 radical (unpaired) electrons. The van der Waals surface area contributed by atoms with Gasteiger partial charge in [0.25, 0.3) is 5.91 Å². The maximum Gasteiger partial charge on any atom is 0.348 e. The average Bonchev–Trinajstić information content (AvgIpc) is 2.95. The van der Waals surface area contributed by atoms with Gasteiger partial charge in [-0.1, -0.05) is 6.07 Å². The number of benzene rings is 1. The number of hydrogen-bond donors (Lipinski definition) is 0. The van der Waals surface area contributed by atoms with Crippen molar-refractivity contribution in [2.24, 2.45) is 0 Å². The number of nitrogens with zero attached hydrogens (tertiary/aromatic N) is 2. The van der Waals surface area contributed by atoms with Crippen molar-refractivity contribution in [3.05, 3.63) is 35.0 Å². The molecule has 2 rings (SSSR count). The maximum atomic E-state index is 13.6. The lowest BCUT2D eigenvalue weighted by atomic mass is 10.2. The van der Waals surface area contributed by atoms with Crippen LogP contribution in [0.25, 0.3) is 10.1 Å². The molecule has 1 aromatic carbocycles. The zero-order valence-electron chi connectivity index (χ0n) is 11.8. The number of esters is 1. The minimum atomic E-state index is -0.664. The van der Waals surface area contributed by atoms with E-state index in [0.717, 1.165) is 11.3 Å². The van der Waals surface area contributed by atoms with Crippen LogP contribution in [0.4, 0.5) is 4.39 Å². The Morgan fingerprint density at radius 2 is 2.23 bits per heavy atom. The first-order chi connectivity index (χ1) is 10.5. The molecule has 0 saturated heterocycles. The molecule has 0 aliphatic rings. The van der Waals surface area contributed by atoms with Crippen molar-refractivity contribution >= 4 is 33.3 Å². The van der Waals surface area contributed by atoms with E-state index >= 15 is 0 Å². The van der Waals surface area contributed by atoms with Gasteiger partial charge in [-0.3, -0.25) is 4.79 Å². The lowest BCUT2D eigenvalue weighted by Crippen LogP contribution is -2.31. The molecule has 0 atom stereocenters. The molecule has 7 heteroatoms. The van der Waals surface area contributed by atoms with Gasteiger partial charge in [0.05, 0.1) is 12.5 Å². The van der Waals surface area contributed by atoms with Crippen LogP contribution < -0.4 is 0 Å². The largest absolute Gasteiger partial charge is 0.451 e. The summed E-state index contributed by atoms with van der Waals surface area (Å²) in [4.78, 5) is 25.2. The molecule has 5 nitrogen and oxygen atoms in total. The van der Waals surface area contributed by atoms with Crippen molar-refractivity contribution in [2.45, 2.75) is 6.42 Å². The number of amides is 1. The third-order valence-electron chi connectivity index (χ3n) is 3.02. The van der Waals surface area contributed by atoms with E-state index in [1.54, 1.807) is 12.1 Å². The van der Waals surface area contributed by atoms with Gasteiger partial charge in [0.1, 0.15) is 10.7 Å². The Morgan fingerprint density at radius 3 is 2.91 bits per heavy atom. The van der Waals surface area contributed by atoms with Crippen LogP contribution in [-0.4, -0.2) is 37.0 Å². The van der Waals surface area contributed by atoms with Crippen LogP contribution in [0.3, 0.4) is 0 Å². The van der Waals surface area contributed by atoms with Gasteiger partial charge in [0.2, 0.25) is 0 Å². The van der Waals surface area contributed by atoms with E-state index in [1.165, 1.54) is 24.1 Å². The van der Waals surface area contributed by atoms with Crippen molar-refractivity contribution < 1.29 is 18.7 Å². The summed E-state index contributed by atoms with van der Waals surface area (Å²) in [6.45, 7) is -0.127. The van der Waals surface area contributed by atoms with Gasteiger partial charge in [0, 0.05) is 23.7 Å². The SMILES string of the molecule is CN(CCC#N)C(=O)COC(=O)c1cc2c(F)cccc2s1. The second-order valence-corrected chi connectivity index (χ2v) is 5.65. The number of likely N-dealkylation sites (N-methyl/N-ethyl adjacent to an activating group) is 1. The molecule has 1 aromatic heterocycles. The van der Waals surface area contributed by atoms with Crippen LogP contribution >= 0.6 is 11.3 Å². The highest BCUT2D eigenvalue weighted by atomic mass is 32.1. The lowest BCUT2D eigenvalue weighted by molar-refractivity contribution is -0.133. The fourth-order valence-electron chi connectivity index (χ4n) is 1.78. The third-order valence-corrected chi connectivity index (χ3v) is 4.10. The molecule has 0 aliphatic heterocycles. The van der Waals surface area contributed by atoms with Gasteiger partial charge in [0.15, 0.2) is 6.61 Å². The Labute approximate surface area is 130 Å². The van der Waals surface area contributed by atoms with Crippen molar-refractivity contribution in [1.29, 1.82) is 5.26 Å². The lowest BCUT2D eigenvalue weighted by Gasteiger charge is -2.14. The van der Waals surface area contributed by atoms with Gasteiger partial charge in [-0.2, -0.15) is 5.26 Å². The highest BCUT2D eigenvalue weighted by Crippen LogP contribution is 2.28. The number of halogens is 1.